The van der Waals surface area contributed by atoms with Gasteiger partial charge in [-0.1, -0.05) is 0 Å². The summed E-state index contributed by atoms with van der Waals surface area (Å²) in [5.74, 6) is -2.43. The van der Waals surface area contributed by atoms with Gasteiger partial charge < -0.3 is 14.4 Å². The summed E-state index contributed by atoms with van der Waals surface area (Å²) in [6.07, 6.45) is 0. The summed E-state index contributed by atoms with van der Waals surface area (Å²) in [6.45, 7) is 3.30. The van der Waals surface area contributed by atoms with Crippen molar-refractivity contribution in [2.45, 2.75) is 19.6 Å². The highest BCUT2D eigenvalue weighted by molar-refractivity contribution is 7.55. The van der Waals surface area contributed by atoms with Crippen molar-refractivity contribution in [1.29, 1.82) is 0 Å². The molecule has 0 heterocycles. The number of nitrogens with zero attached hydrogens (tertiary/aromatic N) is 1. The highest BCUT2D eigenvalue weighted by Gasteiger charge is 2.42. The second-order valence-corrected chi connectivity index (χ2v) is 4.55. The lowest BCUT2D eigenvalue weighted by Gasteiger charge is -2.19. The van der Waals surface area contributed by atoms with Gasteiger partial charge in [0.25, 0.3) is 11.7 Å². The Hall–Kier alpha value is -0.780. The summed E-state index contributed by atoms with van der Waals surface area (Å²) < 4.78 is 21.6. The van der Waals surface area contributed by atoms with Crippen LogP contribution in [0.5, 0.6) is 0 Å². The minimum absolute atomic E-state index is 0.0697. The third-order valence-corrected chi connectivity index (χ3v) is 3.66. The van der Waals surface area contributed by atoms with Crippen molar-refractivity contribution in [2.24, 2.45) is 5.18 Å². The number of amides is 1. The molecule has 0 saturated carbocycles. The fourth-order valence-corrected chi connectivity index (χ4v) is 2.53. The summed E-state index contributed by atoms with van der Waals surface area (Å²) in [4.78, 5) is 21.7. The first-order valence-corrected chi connectivity index (χ1v) is 6.09. The molecule has 0 bridgehead atoms. The minimum atomic E-state index is -3.79. The van der Waals surface area contributed by atoms with Gasteiger partial charge in [0.05, 0.1) is 13.2 Å². The number of hydrogen-bond donors (Lipinski definition) is 1. The fourth-order valence-electron chi connectivity index (χ4n) is 0.917. The lowest BCUT2D eigenvalue weighted by molar-refractivity contribution is -0.120. The molecule has 88 valence electrons. The highest BCUT2D eigenvalue weighted by atomic mass is 31.2. The molecule has 0 spiro atoms. The molecule has 1 atom stereocenters. The van der Waals surface area contributed by atoms with E-state index in [4.69, 9.17) is 9.05 Å². The van der Waals surface area contributed by atoms with E-state index >= 15 is 0 Å². The molecule has 0 radical (unpaired) electrons. The largest absolute Gasteiger partial charge is 0.368 e. The number of likely N-dealkylation sites (N-methyl/N-ethyl adjacent to an activating group) is 1. The van der Waals surface area contributed by atoms with Crippen molar-refractivity contribution in [3.63, 3.8) is 0 Å². The Bertz CT molecular complexity index is 260. The van der Waals surface area contributed by atoms with Gasteiger partial charge in [-0.05, 0) is 19.0 Å². The molecule has 0 aromatic heterocycles. The Balaban J connectivity index is 4.92. The first-order valence-electron chi connectivity index (χ1n) is 4.48. The Morgan fingerprint density at radius 3 is 2.13 bits per heavy atom. The highest BCUT2D eigenvalue weighted by Crippen LogP contribution is 2.53. The SMILES string of the molecule is CCOP(=O)(OCC)C(N=O)C(=O)NC. The van der Waals surface area contributed by atoms with Crippen LogP contribution in [0.15, 0.2) is 5.18 Å². The molecule has 8 heteroatoms. The zero-order valence-corrected chi connectivity index (χ0v) is 9.82. The Morgan fingerprint density at radius 2 is 1.87 bits per heavy atom. The lowest BCUT2D eigenvalue weighted by Crippen LogP contribution is -2.31. The van der Waals surface area contributed by atoms with E-state index in [-0.39, 0.29) is 13.2 Å². The van der Waals surface area contributed by atoms with E-state index in [1.54, 1.807) is 13.8 Å². The van der Waals surface area contributed by atoms with Crippen LogP contribution in [0.25, 0.3) is 0 Å². The fraction of sp³-hybridized carbons (Fsp3) is 0.857. The monoisotopic (exact) mass is 238 g/mol. The van der Waals surface area contributed by atoms with Crippen LogP contribution in [0.1, 0.15) is 13.8 Å². The summed E-state index contributed by atoms with van der Waals surface area (Å²) in [5, 5.41) is 4.67. The Morgan fingerprint density at radius 1 is 1.40 bits per heavy atom. The molecule has 1 unspecified atom stereocenters. The van der Waals surface area contributed by atoms with E-state index in [0.29, 0.717) is 0 Å². The molecule has 1 amide bonds. The number of rotatable bonds is 7. The van der Waals surface area contributed by atoms with E-state index in [2.05, 4.69) is 10.5 Å². The lowest BCUT2D eigenvalue weighted by atomic mass is 10.6. The van der Waals surface area contributed by atoms with Gasteiger partial charge in [-0.2, -0.15) is 0 Å². The van der Waals surface area contributed by atoms with Gasteiger partial charge in [0.15, 0.2) is 0 Å². The number of nitroso groups, excluding NO2 is 1. The van der Waals surface area contributed by atoms with Crippen LogP contribution in [0, 0.1) is 4.91 Å². The summed E-state index contributed by atoms with van der Waals surface area (Å²) in [5.41, 5.74) is 0. The first-order chi connectivity index (χ1) is 7.05. The summed E-state index contributed by atoms with van der Waals surface area (Å²) >= 11 is 0. The van der Waals surface area contributed by atoms with Crippen LogP contribution in [-0.2, 0) is 18.4 Å². The third kappa shape index (κ3) is 3.70. The first kappa shape index (κ1) is 14.2. The van der Waals surface area contributed by atoms with Gasteiger partial charge in [-0.3, -0.25) is 9.36 Å². The van der Waals surface area contributed by atoms with Crippen LogP contribution < -0.4 is 5.32 Å². The molecule has 0 aliphatic carbocycles. The van der Waals surface area contributed by atoms with Crippen molar-refractivity contribution < 1.29 is 18.4 Å². The van der Waals surface area contributed by atoms with Crippen molar-refractivity contribution in [3.8, 4) is 0 Å². The minimum Gasteiger partial charge on any atom is -0.357 e. The van der Waals surface area contributed by atoms with Crippen molar-refractivity contribution >= 4 is 13.5 Å². The van der Waals surface area contributed by atoms with E-state index in [1.165, 1.54) is 7.05 Å². The molecule has 0 rings (SSSR count). The van der Waals surface area contributed by atoms with Crippen LogP contribution >= 0.6 is 7.60 Å². The summed E-state index contributed by atoms with van der Waals surface area (Å²) in [7, 11) is -2.49. The molecular formula is C7H15N2O5P. The maximum Gasteiger partial charge on any atom is 0.368 e. The van der Waals surface area contributed by atoms with E-state index in [9.17, 15) is 14.3 Å². The Labute approximate surface area is 88.0 Å². The standard InChI is InChI=1S/C7H15N2O5P/c1-4-13-15(12,14-5-2)7(9-11)6(10)8-3/h7H,4-5H2,1-3H3,(H,8,10). The normalized spacial score (nSPS) is 13.3. The zero-order valence-electron chi connectivity index (χ0n) is 8.93. The second kappa shape index (κ2) is 6.66. The van der Waals surface area contributed by atoms with Gasteiger partial charge in [-0.15, -0.1) is 4.91 Å². The Kier molecular flexibility index (Phi) is 6.31. The van der Waals surface area contributed by atoms with Gasteiger partial charge in [0.1, 0.15) is 0 Å². The van der Waals surface area contributed by atoms with E-state index in [1.807, 2.05) is 0 Å². The topological polar surface area (TPSA) is 94.1 Å². The molecule has 15 heavy (non-hydrogen) atoms. The summed E-state index contributed by atoms with van der Waals surface area (Å²) in [6, 6.07) is 0. The van der Waals surface area contributed by atoms with E-state index in [0.717, 1.165) is 0 Å². The second-order valence-electron chi connectivity index (χ2n) is 2.47. The number of carbonyl (C=O) groups excluding carboxylic acids is 1. The number of nitrogens with one attached hydrogen (secondary N) is 1. The quantitative estimate of drug-likeness (QED) is 0.529. The molecule has 0 saturated heterocycles. The maximum atomic E-state index is 11.9. The van der Waals surface area contributed by atoms with Crippen molar-refractivity contribution in [3.05, 3.63) is 4.91 Å². The molecule has 0 fully saturated rings. The average molecular weight is 238 g/mol. The van der Waals surface area contributed by atoms with E-state index < -0.39 is 19.3 Å². The van der Waals surface area contributed by atoms with Gasteiger partial charge >= 0.3 is 7.60 Å². The van der Waals surface area contributed by atoms with Crippen molar-refractivity contribution in [1.82, 2.24) is 5.32 Å². The molecule has 0 aromatic carbocycles. The smallest absolute Gasteiger partial charge is 0.357 e. The molecular weight excluding hydrogens is 223 g/mol. The van der Waals surface area contributed by atoms with Crippen LogP contribution in [0.3, 0.4) is 0 Å². The predicted molar refractivity (Wildman–Crippen MR) is 54.5 cm³/mol. The average Bonchev–Trinajstić information content (AvgIpc) is 2.19. The van der Waals surface area contributed by atoms with Gasteiger partial charge in [-0.25, -0.2) is 0 Å². The number of carbonyl (C=O) groups is 1. The predicted octanol–water partition coefficient (Wildman–Crippen LogP) is 1.09. The van der Waals surface area contributed by atoms with Crippen LogP contribution in [0.4, 0.5) is 0 Å². The van der Waals surface area contributed by atoms with Crippen LogP contribution in [-0.4, -0.2) is 32.0 Å². The van der Waals surface area contributed by atoms with Crippen LogP contribution in [0.2, 0.25) is 0 Å². The number of hydrogen-bond acceptors (Lipinski definition) is 6. The van der Waals surface area contributed by atoms with Crippen molar-refractivity contribution in [2.75, 3.05) is 20.3 Å². The zero-order chi connectivity index (χ0) is 11.9. The van der Waals surface area contributed by atoms with Gasteiger partial charge in [0.2, 0.25) is 0 Å². The maximum absolute atomic E-state index is 11.9. The third-order valence-electron chi connectivity index (χ3n) is 1.50. The molecule has 1 N–H and O–H groups in total. The molecule has 0 aliphatic heterocycles. The molecule has 7 nitrogen and oxygen atoms in total. The molecule has 0 aromatic rings. The molecule has 0 aliphatic rings. The van der Waals surface area contributed by atoms with Gasteiger partial charge in [0, 0.05) is 7.05 Å².